The van der Waals surface area contributed by atoms with Gasteiger partial charge in [0.2, 0.25) is 11.0 Å². The third kappa shape index (κ3) is 5.14. The minimum atomic E-state index is -0.413. The third-order valence-corrected chi connectivity index (χ3v) is 4.90. The Bertz CT molecular complexity index is 728. The number of nitrogens with zero attached hydrogens (tertiary/aromatic N) is 3. The molecule has 2 N–H and O–H groups in total. The van der Waals surface area contributed by atoms with E-state index in [1.807, 2.05) is 13.8 Å². The second-order valence-electron chi connectivity index (χ2n) is 4.90. The van der Waals surface area contributed by atoms with Crippen LogP contribution in [0.1, 0.15) is 37.9 Å². The van der Waals surface area contributed by atoms with Gasteiger partial charge in [0, 0.05) is 11.8 Å². The van der Waals surface area contributed by atoms with Gasteiger partial charge in [0.15, 0.2) is 5.16 Å². The summed E-state index contributed by atoms with van der Waals surface area (Å²) in [5, 5.41) is 12.0. The molecule has 1 unspecified atom stereocenters. The number of aryl methyl sites for hydroxylation is 2. The van der Waals surface area contributed by atoms with Gasteiger partial charge in [0.1, 0.15) is 5.01 Å². The number of rotatable bonds is 7. The van der Waals surface area contributed by atoms with Crippen LogP contribution in [0.5, 0.6) is 0 Å². The third-order valence-electron chi connectivity index (χ3n) is 2.94. The van der Waals surface area contributed by atoms with Crippen LogP contribution in [-0.4, -0.2) is 31.3 Å². The van der Waals surface area contributed by atoms with E-state index in [4.69, 9.17) is 0 Å². The van der Waals surface area contributed by atoms with Crippen molar-refractivity contribution in [2.75, 3.05) is 5.32 Å². The zero-order valence-electron chi connectivity index (χ0n) is 13.3. The lowest BCUT2D eigenvalue weighted by atomic mass is 10.2. The summed E-state index contributed by atoms with van der Waals surface area (Å²) in [6.45, 7) is 5.77. The Morgan fingerprint density at radius 3 is 2.87 bits per heavy atom. The highest BCUT2D eigenvalue weighted by molar-refractivity contribution is 8.00. The molecule has 9 heteroatoms. The van der Waals surface area contributed by atoms with Crippen molar-refractivity contribution in [2.45, 2.75) is 50.4 Å². The lowest BCUT2D eigenvalue weighted by molar-refractivity contribution is -0.115. The van der Waals surface area contributed by atoms with Crippen LogP contribution in [0.25, 0.3) is 0 Å². The molecule has 0 bridgehead atoms. The Hall–Kier alpha value is -1.74. The van der Waals surface area contributed by atoms with Crippen LogP contribution in [0.3, 0.4) is 0 Å². The van der Waals surface area contributed by atoms with Crippen molar-refractivity contribution in [1.29, 1.82) is 0 Å². The first-order chi connectivity index (χ1) is 11.0. The van der Waals surface area contributed by atoms with Crippen LogP contribution in [0.15, 0.2) is 16.0 Å². The quantitative estimate of drug-likeness (QED) is 0.585. The minimum absolute atomic E-state index is 0.197. The van der Waals surface area contributed by atoms with Crippen LogP contribution < -0.4 is 10.9 Å². The lowest BCUT2D eigenvalue weighted by Crippen LogP contribution is -2.23. The van der Waals surface area contributed by atoms with E-state index in [9.17, 15) is 9.59 Å². The molecule has 2 aromatic heterocycles. The highest BCUT2D eigenvalue weighted by Crippen LogP contribution is 2.21. The Kier molecular flexibility index (Phi) is 6.28. The highest BCUT2D eigenvalue weighted by Gasteiger charge is 2.18. The molecular formula is C14H19N5O2S2. The van der Waals surface area contributed by atoms with Gasteiger partial charge in [-0.3, -0.25) is 14.9 Å². The van der Waals surface area contributed by atoms with Gasteiger partial charge < -0.3 is 4.98 Å². The molecule has 0 aliphatic rings. The van der Waals surface area contributed by atoms with Crippen molar-refractivity contribution in [1.82, 2.24) is 20.2 Å². The maximum absolute atomic E-state index is 12.2. The van der Waals surface area contributed by atoms with Gasteiger partial charge in [-0.1, -0.05) is 43.4 Å². The zero-order valence-corrected chi connectivity index (χ0v) is 14.9. The normalized spacial score (nSPS) is 12.1. The summed E-state index contributed by atoms with van der Waals surface area (Å²) in [5.41, 5.74) is 0.540. The fourth-order valence-corrected chi connectivity index (χ4v) is 3.31. The fourth-order valence-electron chi connectivity index (χ4n) is 1.80. The number of H-pyrrole nitrogens is 1. The monoisotopic (exact) mass is 353 g/mol. The molecule has 0 spiro atoms. The lowest BCUT2D eigenvalue weighted by Gasteiger charge is -2.10. The molecule has 0 fully saturated rings. The summed E-state index contributed by atoms with van der Waals surface area (Å²) >= 11 is 2.57. The number of aromatic amines is 1. The van der Waals surface area contributed by atoms with Crippen LogP contribution >= 0.6 is 23.1 Å². The van der Waals surface area contributed by atoms with Crippen LogP contribution in [0, 0.1) is 0 Å². The molecule has 2 aromatic rings. The molecule has 1 atom stereocenters. The number of nitrogens with one attached hydrogen (secondary N) is 2. The number of thioether (sulfide) groups is 1. The standard InChI is InChI=1S/C14H19N5O2S2/c1-4-6-9-7-10(20)16-13(15-9)22-8(3)12(21)17-14-19-18-11(5-2)23-14/h7-8H,4-6H2,1-3H3,(H,15,16,20)(H,17,19,21). The summed E-state index contributed by atoms with van der Waals surface area (Å²) in [6, 6.07) is 1.49. The second kappa shape index (κ2) is 8.21. The smallest absolute Gasteiger partial charge is 0.251 e. The summed E-state index contributed by atoms with van der Waals surface area (Å²) in [7, 11) is 0. The van der Waals surface area contributed by atoms with Gasteiger partial charge >= 0.3 is 0 Å². The zero-order chi connectivity index (χ0) is 16.8. The van der Waals surface area contributed by atoms with Crippen LogP contribution in [0.2, 0.25) is 0 Å². The first kappa shape index (κ1) is 17.6. The number of carbonyl (C=O) groups is 1. The van der Waals surface area contributed by atoms with Crippen molar-refractivity contribution < 1.29 is 4.79 Å². The number of aromatic nitrogens is 4. The van der Waals surface area contributed by atoms with E-state index in [1.54, 1.807) is 6.92 Å². The molecule has 0 aliphatic heterocycles. The van der Waals surface area contributed by atoms with E-state index in [1.165, 1.54) is 29.2 Å². The number of carbonyl (C=O) groups excluding carboxylic acids is 1. The van der Waals surface area contributed by atoms with Crippen molar-refractivity contribution in [3.63, 3.8) is 0 Å². The topological polar surface area (TPSA) is 101 Å². The van der Waals surface area contributed by atoms with E-state index in [2.05, 4.69) is 25.5 Å². The van der Waals surface area contributed by atoms with E-state index < -0.39 is 5.25 Å². The molecule has 2 rings (SSSR count). The van der Waals surface area contributed by atoms with E-state index in [-0.39, 0.29) is 11.5 Å². The predicted octanol–water partition coefficient (Wildman–Crippen LogP) is 2.26. The number of amides is 1. The van der Waals surface area contributed by atoms with Crippen LogP contribution in [-0.2, 0) is 17.6 Å². The molecular weight excluding hydrogens is 334 g/mol. The molecule has 0 saturated heterocycles. The van der Waals surface area contributed by atoms with Crippen LogP contribution in [0.4, 0.5) is 5.13 Å². The predicted molar refractivity (Wildman–Crippen MR) is 92.1 cm³/mol. The van der Waals surface area contributed by atoms with E-state index in [0.717, 1.165) is 30.0 Å². The van der Waals surface area contributed by atoms with Crippen molar-refractivity contribution in [3.8, 4) is 0 Å². The van der Waals surface area contributed by atoms with Crippen molar-refractivity contribution >= 4 is 34.1 Å². The Morgan fingerprint density at radius 1 is 1.43 bits per heavy atom. The largest absolute Gasteiger partial charge is 0.301 e. The Balaban J connectivity index is 2.01. The molecule has 0 aromatic carbocycles. The van der Waals surface area contributed by atoms with Gasteiger partial charge in [-0.25, -0.2) is 4.98 Å². The Morgan fingerprint density at radius 2 is 2.22 bits per heavy atom. The summed E-state index contributed by atoms with van der Waals surface area (Å²) in [4.78, 5) is 30.9. The molecule has 0 saturated carbocycles. The van der Waals surface area contributed by atoms with Crippen molar-refractivity contribution in [3.05, 3.63) is 27.1 Å². The van der Waals surface area contributed by atoms with Gasteiger partial charge in [0.25, 0.3) is 5.56 Å². The molecule has 23 heavy (non-hydrogen) atoms. The summed E-state index contributed by atoms with van der Waals surface area (Å²) in [5.74, 6) is -0.197. The van der Waals surface area contributed by atoms with Gasteiger partial charge in [0.05, 0.1) is 5.25 Å². The first-order valence-corrected chi connectivity index (χ1v) is 9.11. The van der Waals surface area contributed by atoms with Crippen molar-refractivity contribution in [2.24, 2.45) is 0 Å². The average Bonchev–Trinajstić information content (AvgIpc) is 2.94. The maximum atomic E-state index is 12.2. The first-order valence-electron chi connectivity index (χ1n) is 7.42. The number of hydrogen-bond acceptors (Lipinski definition) is 7. The number of anilines is 1. The summed E-state index contributed by atoms with van der Waals surface area (Å²) < 4.78 is 0. The maximum Gasteiger partial charge on any atom is 0.251 e. The fraction of sp³-hybridized carbons (Fsp3) is 0.500. The molecule has 7 nitrogen and oxygen atoms in total. The minimum Gasteiger partial charge on any atom is -0.301 e. The van der Waals surface area contributed by atoms with Gasteiger partial charge in [-0.05, 0) is 19.8 Å². The molecule has 2 heterocycles. The SMILES string of the molecule is CCCc1cc(=O)[nH]c(SC(C)C(=O)Nc2nnc(CC)s2)n1. The molecule has 124 valence electrons. The van der Waals surface area contributed by atoms with Gasteiger partial charge in [-0.2, -0.15) is 0 Å². The second-order valence-corrected chi connectivity index (χ2v) is 7.29. The molecule has 0 aliphatic carbocycles. The average molecular weight is 353 g/mol. The number of hydrogen-bond donors (Lipinski definition) is 2. The highest BCUT2D eigenvalue weighted by atomic mass is 32.2. The van der Waals surface area contributed by atoms with E-state index in [0.29, 0.717) is 10.3 Å². The molecule has 1 amide bonds. The van der Waals surface area contributed by atoms with Gasteiger partial charge in [-0.15, -0.1) is 10.2 Å². The Labute approximate surface area is 142 Å². The molecule has 0 radical (unpaired) electrons. The summed E-state index contributed by atoms with van der Waals surface area (Å²) in [6.07, 6.45) is 2.43. The van der Waals surface area contributed by atoms with E-state index >= 15 is 0 Å².